The highest BCUT2D eigenvalue weighted by Crippen LogP contribution is 2.33. The number of rotatable bonds is 8. The molecule has 1 aromatic heterocycles. The van der Waals surface area contributed by atoms with Gasteiger partial charge in [-0.15, -0.1) is 0 Å². The number of hydrogen-bond donors (Lipinski definition) is 1. The Morgan fingerprint density at radius 1 is 1.13 bits per heavy atom. The maximum atomic E-state index is 13.5. The molecular weight excluding hydrogens is 468 g/mol. The third-order valence-electron chi connectivity index (χ3n) is 4.91. The van der Waals surface area contributed by atoms with Crippen LogP contribution in [-0.2, 0) is 21.2 Å². The molecule has 0 aliphatic rings. The van der Waals surface area contributed by atoms with Crippen molar-refractivity contribution in [3.8, 4) is 5.75 Å². The van der Waals surface area contributed by atoms with Crippen LogP contribution in [0.4, 0.5) is 0 Å². The summed E-state index contributed by atoms with van der Waals surface area (Å²) in [6.45, 7) is 6.11. The number of hydrogen-bond acceptors (Lipinski definition) is 4. The molecule has 1 amide bonds. The number of ether oxygens (including phenoxy) is 1. The van der Waals surface area contributed by atoms with Crippen LogP contribution in [0.1, 0.15) is 23.7 Å². The summed E-state index contributed by atoms with van der Waals surface area (Å²) in [5.74, 6) is 0.553. The molecule has 1 N–H and O–H groups in total. The van der Waals surface area contributed by atoms with Crippen molar-refractivity contribution < 1.29 is 17.9 Å². The average Bonchev–Trinajstić information content (AvgIpc) is 2.98. The topological polar surface area (TPSA) is 77.4 Å². The van der Waals surface area contributed by atoms with Gasteiger partial charge in [-0.05, 0) is 56.2 Å². The number of carbonyl (C=O) groups is 1. The Kier molecular flexibility index (Phi) is 6.88. The van der Waals surface area contributed by atoms with E-state index in [0.717, 1.165) is 16.5 Å². The highest BCUT2D eigenvalue weighted by atomic mass is 79.9. The number of nitrogens with one attached hydrogen (secondary N) is 1. The molecular formula is C22H25BrN2O4S. The zero-order valence-corrected chi connectivity index (χ0v) is 19.6. The third kappa shape index (κ3) is 4.54. The monoisotopic (exact) mass is 492 g/mol. The standard InChI is InChI=1S/C22H25BrN2O4S/c1-15-4-7-19(8-5-15)30(27,28)25-16(2)20(10-12-24-17(3)26)21-14-18(29-13-11-23)6-9-22(21)25/h4-9,14H,10-13H2,1-3H3,(H,24,26). The highest BCUT2D eigenvalue weighted by molar-refractivity contribution is 9.09. The lowest BCUT2D eigenvalue weighted by Gasteiger charge is -2.11. The van der Waals surface area contributed by atoms with Crippen LogP contribution in [0.3, 0.4) is 0 Å². The Hall–Kier alpha value is -2.32. The molecule has 3 aromatic rings. The first-order valence-corrected chi connectivity index (χ1v) is 12.2. The molecule has 3 rings (SSSR count). The number of fused-ring (bicyclic) bond motifs is 1. The fourth-order valence-electron chi connectivity index (χ4n) is 3.48. The molecule has 8 heteroatoms. The summed E-state index contributed by atoms with van der Waals surface area (Å²) in [6.07, 6.45) is 0.514. The van der Waals surface area contributed by atoms with E-state index in [4.69, 9.17) is 4.74 Å². The van der Waals surface area contributed by atoms with Gasteiger partial charge in [0.1, 0.15) is 5.75 Å². The van der Waals surface area contributed by atoms with E-state index >= 15 is 0 Å². The van der Waals surface area contributed by atoms with Gasteiger partial charge in [0, 0.05) is 29.9 Å². The normalized spacial score (nSPS) is 11.6. The molecule has 160 valence electrons. The van der Waals surface area contributed by atoms with E-state index < -0.39 is 10.0 Å². The Bertz CT molecular complexity index is 1170. The second kappa shape index (κ2) is 9.22. The zero-order chi connectivity index (χ0) is 21.9. The number of nitrogens with zero attached hydrogens (tertiary/aromatic N) is 1. The smallest absolute Gasteiger partial charge is 0.268 e. The van der Waals surface area contributed by atoms with E-state index in [9.17, 15) is 13.2 Å². The van der Waals surface area contributed by atoms with Crippen molar-refractivity contribution >= 4 is 42.8 Å². The van der Waals surface area contributed by atoms with E-state index in [-0.39, 0.29) is 10.8 Å². The van der Waals surface area contributed by atoms with Crippen molar-refractivity contribution in [2.75, 3.05) is 18.5 Å². The molecule has 0 atom stereocenters. The summed E-state index contributed by atoms with van der Waals surface area (Å²) < 4.78 is 34.1. The largest absolute Gasteiger partial charge is 0.493 e. The first-order chi connectivity index (χ1) is 14.3. The number of halogens is 1. The lowest BCUT2D eigenvalue weighted by atomic mass is 10.1. The first kappa shape index (κ1) is 22.4. The minimum absolute atomic E-state index is 0.120. The molecule has 0 unspecified atom stereocenters. The Morgan fingerprint density at radius 3 is 2.47 bits per heavy atom. The van der Waals surface area contributed by atoms with Gasteiger partial charge in [0.2, 0.25) is 5.91 Å². The van der Waals surface area contributed by atoms with Crippen LogP contribution < -0.4 is 10.1 Å². The molecule has 2 aromatic carbocycles. The van der Waals surface area contributed by atoms with Gasteiger partial charge in [-0.1, -0.05) is 33.6 Å². The van der Waals surface area contributed by atoms with Gasteiger partial charge >= 0.3 is 0 Å². The van der Waals surface area contributed by atoms with Crippen LogP contribution in [0.2, 0.25) is 0 Å². The molecule has 0 radical (unpaired) electrons. The molecule has 0 bridgehead atoms. The van der Waals surface area contributed by atoms with Crippen LogP contribution in [0.5, 0.6) is 5.75 Å². The lowest BCUT2D eigenvalue weighted by molar-refractivity contribution is -0.118. The van der Waals surface area contributed by atoms with E-state index in [1.165, 1.54) is 10.9 Å². The predicted octanol–water partition coefficient (Wildman–Crippen LogP) is 3.95. The average molecular weight is 493 g/mol. The van der Waals surface area contributed by atoms with Crippen molar-refractivity contribution in [1.29, 1.82) is 0 Å². The molecule has 30 heavy (non-hydrogen) atoms. The summed E-state index contributed by atoms with van der Waals surface area (Å²) >= 11 is 3.34. The molecule has 0 saturated heterocycles. The second-order valence-electron chi connectivity index (χ2n) is 7.10. The minimum Gasteiger partial charge on any atom is -0.493 e. The van der Waals surface area contributed by atoms with Crippen LogP contribution in [0.25, 0.3) is 10.9 Å². The predicted molar refractivity (Wildman–Crippen MR) is 122 cm³/mol. The minimum atomic E-state index is -3.78. The number of alkyl halides is 1. The Balaban J connectivity index is 2.16. The van der Waals surface area contributed by atoms with Gasteiger partial charge in [-0.3, -0.25) is 4.79 Å². The number of aryl methyl sites for hydroxylation is 1. The van der Waals surface area contributed by atoms with Crippen LogP contribution >= 0.6 is 15.9 Å². The number of carbonyl (C=O) groups excluding carboxylic acids is 1. The summed E-state index contributed by atoms with van der Waals surface area (Å²) in [7, 11) is -3.78. The van der Waals surface area contributed by atoms with Crippen molar-refractivity contribution in [3.05, 3.63) is 59.3 Å². The maximum absolute atomic E-state index is 13.5. The fourth-order valence-corrected chi connectivity index (χ4v) is 5.22. The quantitative estimate of drug-likeness (QED) is 0.483. The lowest BCUT2D eigenvalue weighted by Crippen LogP contribution is -2.22. The molecule has 0 aliphatic heterocycles. The van der Waals surface area contributed by atoms with E-state index in [1.807, 2.05) is 13.0 Å². The van der Waals surface area contributed by atoms with E-state index in [0.29, 0.717) is 41.9 Å². The van der Waals surface area contributed by atoms with E-state index in [2.05, 4.69) is 21.2 Å². The van der Waals surface area contributed by atoms with Gasteiger partial charge in [-0.2, -0.15) is 0 Å². The van der Waals surface area contributed by atoms with Crippen LogP contribution in [-0.4, -0.2) is 36.8 Å². The van der Waals surface area contributed by atoms with E-state index in [1.54, 1.807) is 43.3 Å². The zero-order valence-electron chi connectivity index (χ0n) is 17.2. The van der Waals surface area contributed by atoms with Gasteiger partial charge < -0.3 is 10.1 Å². The van der Waals surface area contributed by atoms with Crippen LogP contribution in [0.15, 0.2) is 47.4 Å². The van der Waals surface area contributed by atoms with Gasteiger partial charge in [-0.25, -0.2) is 12.4 Å². The Labute approximate surface area is 185 Å². The molecule has 0 aliphatic carbocycles. The summed E-state index contributed by atoms with van der Waals surface area (Å²) in [5.41, 5.74) is 3.09. The van der Waals surface area contributed by atoms with Crippen molar-refractivity contribution in [2.24, 2.45) is 0 Å². The van der Waals surface area contributed by atoms with Crippen LogP contribution in [0, 0.1) is 13.8 Å². The van der Waals surface area contributed by atoms with Gasteiger partial charge in [0.25, 0.3) is 10.0 Å². The van der Waals surface area contributed by atoms with Crippen molar-refractivity contribution in [3.63, 3.8) is 0 Å². The van der Waals surface area contributed by atoms with Crippen molar-refractivity contribution in [2.45, 2.75) is 32.1 Å². The van der Waals surface area contributed by atoms with Gasteiger partial charge in [0.05, 0.1) is 17.0 Å². The highest BCUT2D eigenvalue weighted by Gasteiger charge is 2.25. The summed E-state index contributed by atoms with van der Waals surface area (Å²) in [6, 6.07) is 12.3. The summed E-state index contributed by atoms with van der Waals surface area (Å²) in [4.78, 5) is 11.5. The third-order valence-corrected chi connectivity index (χ3v) is 7.05. The number of amides is 1. The molecule has 0 saturated carbocycles. The Morgan fingerprint density at radius 2 is 1.83 bits per heavy atom. The van der Waals surface area contributed by atoms with Gasteiger partial charge in [0.15, 0.2) is 0 Å². The molecule has 1 heterocycles. The first-order valence-electron chi connectivity index (χ1n) is 9.65. The second-order valence-corrected chi connectivity index (χ2v) is 9.68. The molecule has 6 nitrogen and oxygen atoms in total. The number of benzene rings is 2. The SMILES string of the molecule is CC(=O)NCCc1c(C)n(S(=O)(=O)c2ccc(C)cc2)c2ccc(OCCBr)cc12. The maximum Gasteiger partial charge on any atom is 0.268 e. The molecule has 0 spiro atoms. The fraction of sp³-hybridized carbons (Fsp3) is 0.318. The molecule has 0 fully saturated rings. The summed E-state index contributed by atoms with van der Waals surface area (Å²) in [5, 5.41) is 4.29. The number of aromatic nitrogens is 1. The van der Waals surface area contributed by atoms with Crippen molar-refractivity contribution in [1.82, 2.24) is 9.29 Å².